The number of nitrogens with one attached hydrogen (secondary N) is 1. The molecule has 0 bridgehead atoms. The van der Waals surface area contributed by atoms with E-state index in [-0.39, 0.29) is 11.8 Å². The molecule has 5 heteroatoms. The molecule has 0 unspecified atom stereocenters. The van der Waals surface area contributed by atoms with Crippen LogP contribution in [0.4, 0.5) is 0 Å². The lowest BCUT2D eigenvalue weighted by Crippen LogP contribution is -2.36. The van der Waals surface area contributed by atoms with Crippen molar-refractivity contribution in [1.29, 1.82) is 0 Å². The van der Waals surface area contributed by atoms with Gasteiger partial charge in [-0.1, -0.05) is 19.3 Å². The van der Waals surface area contributed by atoms with Crippen molar-refractivity contribution in [3.63, 3.8) is 0 Å². The summed E-state index contributed by atoms with van der Waals surface area (Å²) in [7, 11) is 0. The van der Waals surface area contributed by atoms with Gasteiger partial charge in [0.25, 0.3) is 0 Å². The Kier molecular flexibility index (Phi) is 4.38. The van der Waals surface area contributed by atoms with Gasteiger partial charge in [0.05, 0.1) is 24.5 Å². The second-order valence-electron chi connectivity index (χ2n) is 7.58. The Hall–Kier alpha value is -1.36. The van der Waals surface area contributed by atoms with E-state index in [2.05, 4.69) is 26.1 Å². The molecule has 4 rings (SSSR count). The van der Waals surface area contributed by atoms with Crippen molar-refractivity contribution in [2.75, 3.05) is 13.1 Å². The molecule has 0 aromatic carbocycles. The molecule has 1 amide bonds. The Balaban J connectivity index is 1.30. The molecule has 2 fully saturated rings. The van der Waals surface area contributed by atoms with Gasteiger partial charge < -0.3 is 5.32 Å². The van der Waals surface area contributed by atoms with E-state index in [1.54, 1.807) is 0 Å². The lowest BCUT2D eigenvalue weighted by atomic mass is 9.85. The van der Waals surface area contributed by atoms with Gasteiger partial charge in [-0.25, -0.2) is 0 Å². The zero-order valence-corrected chi connectivity index (χ0v) is 14.0. The van der Waals surface area contributed by atoms with E-state index in [9.17, 15) is 4.79 Å². The lowest BCUT2D eigenvalue weighted by Gasteiger charge is -2.29. The van der Waals surface area contributed by atoms with E-state index in [0.29, 0.717) is 6.54 Å². The smallest absolute Gasteiger partial charge is 0.223 e. The van der Waals surface area contributed by atoms with Crippen LogP contribution in [0, 0.1) is 11.8 Å². The first kappa shape index (κ1) is 15.2. The van der Waals surface area contributed by atoms with Crippen LogP contribution in [-0.2, 0) is 24.4 Å². The molecular formula is C18H28N4O. The van der Waals surface area contributed by atoms with E-state index >= 15 is 0 Å². The van der Waals surface area contributed by atoms with Crippen LogP contribution in [-0.4, -0.2) is 33.7 Å². The molecule has 3 aliphatic rings. The Labute approximate surface area is 138 Å². The number of carbonyl (C=O) groups excluding carboxylic acids is 1. The largest absolute Gasteiger partial charge is 0.350 e. The molecule has 0 atom stereocenters. The van der Waals surface area contributed by atoms with E-state index < -0.39 is 0 Å². The van der Waals surface area contributed by atoms with Gasteiger partial charge in [-0.3, -0.25) is 14.4 Å². The van der Waals surface area contributed by atoms with Crippen LogP contribution in [0.25, 0.3) is 0 Å². The quantitative estimate of drug-likeness (QED) is 0.907. The highest BCUT2D eigenvalue weighted by Gasteiger charge is 2.26. The van der Waals surface area contributed by atoms with Gasteiger partial charge in [-0.2, -0.15) is 5.10 Å². The highest BCUT2D eigenvalue weighted by Crippen LogP contribution is 2.27. The van der Waals surface area contributed by atoms with E-state index in [4.69, 9.17) is 0 Å². The molecule has 0 radical (unpaired) electrons. The highest BCUT2D eigenvalue weighted by atomic mass is 16.1. The summed E-state index contributed by atoms with van der Waals surface area (Å²) >= 11 is 0. The first-order chi connectivity index (χ1) is 11.3. The molecule has 0 spiro atoms. The highest BCUT2D eigenvalue weighted by molar-refractivity contribution is 5.79. The average Bonchev–Trinajstić information content (AvgIpc) is 3.12. The summed E-state index contributed by atoms with van der Waals surface area (Å²) in [6.07, 6.45) is 8.97. The number of hydrogen-bond donors (Lipinski definition) is 1. The van der Waals surface area contributed by atoms with Crippen molar-refractivity contribution in [3.05, 3.63) is 17.5 Å². The summed E-state index contributed by atoms with van der Waals surface area (Å²) in [4.78, 5) is 14.5. The maximum absolute atomic E-state index is 11.9. The zero-order chi connectivity index (χ0) is 15.6. The van der Waals surface area contributed by atoms with Crippen molar-refractivity contribution >= 4 is 5.91 Å². The number of carbonyl (C=O) groups is 1. The second kappa shape index (κ2) is 6.63. The summed E-state index contributed by atoms with van der Waals surface area (Å²) in [5, 5.41) is 7.72. The number of amides is 1. The van der Waals surface area contributed by atoms with Gasteiger partial charge >= 0.3 is 0 Å². The summed E-state index contributed by atoms with van der Waals surface area (Å²) in [6, 6.07) is 2.18. The SMILES string of the molecule is O=C(NCc1cc2n(n1)CCN(CC1CCCC1)C2)C1CCC1. The summed E-state index contributed by atoms with van der Waals surface area (Å²) in [5.74, 6) is 1.38. The van der Waals surface area contributed by atoms with Gasteiger partial charge in [0, 0.05) is 25.6 Å². The van der Waals surface area contributed by atoms with Crippen molar-refractivity contribution in [2.24, 2.45) is 11.8 Å². The Bertz CT molecular complexity index is 557. The number of aromatic nitrogens is 2. The van der Waals surface area contributed by atoms with Gasteiger partial charge in [-0.15, -0.1) is 0 Å². The van der Waals surface area contributed by atoms with Crippen LogP contribution in [0.15, 0.2) is 6.07 Å². The van der Waals surface area contributed by atoms with Crippen LogP contribution in [0.2, 0.25) is 0 Å². The van der Waals surface area contributed by atoms with Crippen molar-refractivity contribution < 1.29 is 4.79 Å². The molecule has 0 saturated heterocycles. The third-order valence-corrected chi connectivity index (χ3v) is 5.84. The predicted octanol–water partition coefficient (Wildman–Crippen LogP) is 2.31. The number of fused-ring (bicyclic) bond motifs is 1. The molecule has 2 saturated carbocycles. The third-order valence-electron chi connectivity index (χ3n) is 5.84. The van der Waals surface area contributed by atoms with Crippen LogP contribution in [0.3, 0.4) is 0 Å². The maximum Gasteiger partial charge on any atom is 0.223 e. The standard InChI is InChI=1S/C18H28N4O/c23-18(15-6-3-7-15)19-11-16-10-17-13-21(8-9-22(17)20-16)12-14-4-1-2-5-14/h10,14-15H,1-9,11-13H2,(H,19,23). The molecule has 2 aliphatic carbocycles. The average molecular weight is 316 g/mol. The van der Waals surface area contributed by atoms with Gasteiger partial charge in [0.2, 0.25) is 5.91 Å². The van der Waals surface area contributed by atoms with Crippen molar-refractivity contribution in [3.8, 4) is 0 Å². The minimum atomic E-state index is 0.213. The number of nitrogens with zero attached hydrogens (tertiary/aromatic N) is 3. The lowest BCUT2D eigenvalue weighted by molar-refractivity contribution is -0.127. The van der Waals surface area contributed by atoms with Gasteiger partial charge in [0.15, 0.2) is 0 Å². The van der Waals surface area contributed by atoms with Gasteiger partial charge in [-0.05, 0) is 37.7 Å². The molecule has 1 aliphatic heterocycles. The molecule has 23 heavy (non-hydrogen) atoms. The van der Waals surface area contributed by atoms with Crippen LogP contribution >= 0.6 is 0 Å². The van der Waals surface area contributed by atoms with E-state index in [0.717, 1.165) is 44.1 Å². The summed E-state index contributed by atoms with van der Waals surface area (Å²) < 4.78 is 2.13. The first-order valence-electron chi connectivity index (χ1n) is 9.33. The molecule has 1 N–H and O–H groups in total. The fourth-order valence-corrected chi connectivity index (χ4v) is 4.17. The van der Waals surface area contributed by atoms with Crippen LogP contribution < -0.4 is 5.32 Å². The Morgan fingerprint density at radius 2 is 2.00 bits per heavy atom. The monoisotopic (exact) mass is 316 g/mol. The second-order valence-corrected chi connectivity index (χ2v) is 7.58. The number of hydrogen-bond acceptors (Lipinski definition) is 3. The van der Waals surface area contributed by atoms with Crippen LogP contribution in [0.5, 0.6) is 0 Å². The molecule has 2 heterocycles. The van der Waals surface area contributed by atoms with Gasteiger partial charge in [0.1, 0.15) is 0 Å². The topological polar surface area (TPSA) is 50.2 Å². The Morgan fingerprint density at radius 3 is 2.74 bits per heavy atom. The maximum atomic E-state index is 11.9. The summed E-state index contributed by atoms with van der Waals surface area (Å²) in [6.45, 7) is 4.94. The Morgan fingerprint density at radius 1 is 1.17 bits per heavy atom. The minimum Gasteiger partial charge on any atom is -0.350 e. The predicted molar refractivity (Wildman–Crippen MR) is 88.6 cm³/mol. The molecule has 1 aromatic rings. The summed E-state index contributed by atoms with van der Waals surface area (Å²) in [5.41, 5.74) is 2.32. The number of rotatable bonds is 5. The van der Waals surface area contributed by atoms with Crippen molar-refractivity contribution in [2.45, 2.75) is 64.6 Å². The molecule has 1 aromatic heterocycles. The first-order valence-corrected chi connectivity index (χ1v) is 9.33. The third kappa shape index (κ3) is 3.44. The fraction of sp³-hybridized carbons (Fsp3) is 0.778. The zero-order valence-electron chi connectivity index (χ0n) is 14.0. The normalized spacial score (nSPS) is 22.8. The van der Waals surface area contributed by atoms with E-state index in [1.165, 1.54) is 44.3 Å². The van der Waals surface area contributed by atoms with Crippen molar-refractivity contribution in [1.82, 2.24) is 20.0 Å². The van der Waals surface area contributed by atoms with E-state index in [1.807, 2.05) is 0 Å². The molecule has 5 nitrogen and oxygen atoms in total. The van der Waals surface area contributed by atoms with Crippen LogP contribution in [0.1, 0.15) is 56.3 Å². The molecule has 126 valence electrons. The fourth-order valence-electron chi connectivity index (χ4n) is 4.17. The molecular weight excluding hydrogens is 288 g/mol. The minimum absolute atomic E-state index is 0.213.